The van der Waals surface area contributed by atoms with Gasteiger partial charge in [-0.3, -0.25) is 9.59 Å². The van der Waals surface area contributed by atoms with Crippen LogP contribution in [0.15, 0.2) is 66.7 Å². The summed E-state index contributed by atoms with van der Waals surface area (Å²) < 4.78 is 29.5. The van der Waals surface area contributed by atoms with E-state index in [0.29, 0.717) is 35.8 Å². The van der Waals surface area contributed by atoms with Gasteiger partial charge in [0.15, 0.2) is 18.1 Å². The van der Waals surface area contributed by atoms with Crippen molar-refractivity contribution in [2.24, 2.45) is 0 Å². The number of ether oxygens (including phenoxy) is 3. The second-order valence-electron chi connectivity index (χ2n) is 7.41. The fourth-order valence-electron chi connectivity index (χ4n) is 3.54. The van der Waals surface area contributed by atoms with Gasteiger partial charge < -0.3 is 24.8 Å². The fraction of sp³-hybridized carbons (Fsp3) is 0.200. The van der Waals surface area contributed by atoms with Crippen molar-refractivity contribution in [1.82, 2.24) is 5.32 Å². The number of fused-ring (bicyclic) bond motifs is 1. The molecule has 1 aliphatic rings. The number of anilines is 1. The maximum Gasteiger partial charge on any atom is 0.262 e. The number of nitrogens with one attached hydrogen (secondary N) is 2. The number of hydrogen-bond acceptors (Lipinski definition) is 5. The Kier molecular flexibility index (Phi) is 6.73. The van der Waals surface area contributed by atoms with Crippen LogP contribution in [-0.4, -0.2) is 32.1 Å². The summed E-state index contributed by atoms with van der Waals surface area (Å²) in [6.45, 7) is 0.246. The van der Waals surface area contributed by atoms with E-state index >= 15 is 0 Å². The van der Waals surface area contributed by atoms with Crippen LogP contribution in [0.2, 0.25) is 0 Å². The Balaban J connectivity index is 1.39. The molecule has 2 N–H and O–H groups in total. The van der Waals surface area contributed by atoms with Crippen molar-refractivity contribution in [2.45, 2.75) is 12.5 Å². The third-order valence-electron chi connectivity index (χ3n) is 5.18. The highest BCUT2D eigenvalue weighted by Crippen LogP contribution is 2.32. The molecule has 33 heavy (non-hydrogen) atoms. The Bertz CT molecular complexity index is 1150. The average Bonchev–Trinajstić information content (AvgIpc) is 2.84. The molecule has 0 aromatic heterocycles. The van der Waals surface area contributed by atoms with Gasteiger partial charge in [-0.25, -0.2) is 4.39 Å². The first-order valence-electron chi connectivity index (χ1n) is 10.4. The van der Waals surface area contributed by atoms with Crippen LogP contribution >= 0.6 is 0 Å². The predicted octanol–water partition coefficient (Wildman–Crippen LogP) is 4.11. The monoisotopic (exact) mass is 450 g/mol. The molecule has 3 aromatic rings. The molecule has 0 saturated heterocycles. The van der Waals surface area contributed by atoms with E-state index in [9.17, 15) is 14.0 Å². The van der Waals surface area contributed by atoms with Crippen LogP contribution in [0.1, 0.15) is 28.4 Å². The molecule has 7 nitrogen and oxygen atoms in total. The van der Waals surface area contributed by atoms with E-state index in [4.69, 9.17) is 14.2 Å². The molecule has 0 spiro atoms. The zero-order chi connectivity index (χ0) is 23.2. The summed E-state index contributed by atoms with van der Waals surface area (Å²) in [6, 6.07) is 17.6. The molecule has 1 atom stereocenters. The summed E-state index contributed by atoms with van der Waals surface area (Å²) in [5, 5.41) is 5.65. The van der Waals surface area contributed by atoms with Crippen molar-refractivity contribution in [3.05, 3.63) is 83.7 Å². The van der Waals surface area contributed by atoms with Crippen molar-refractivity contribution in [3.63, 3.8) is 0 Å². The fourth-order valence-corrected chi connectivity index (χ4v) is 3.54. The lowest BCUT2D eigenvalue weighted by Gasteiger charge is -2.26. The molecule has 0 saturated carbocycles. The highest BCUT2D eigenvalue weighted by atomic mass is 19.1. The predicted molar refractivity (Wildman–Crippen MR) is 120 cm³/mol. The number of rotatable bonds is 7. The molecule has 1 aliphatic heterocycles. The minimum atomic E-state index is -0.413. The van der Waals surface area contributed by atoms with Crippen LogP contribution in [0.4, 0.5) is 10.1 Å². The van der Waals surface area contributed by atoms with Gasteiger partial charge in [0.2, 0.25) is 0 Å². The summed E-state index contributed by atoms with van der Waals surface area (Å²) in [4.78, 5) is 25.0. The van der Waals surface area contributed by atoms with Gasteiger partial charge in [-0.15, -0.1) is 0 Å². The lowest BCUT2D eigenvalue weighted by atomic mass is 10.00. The van der Waals surface area contributed by atoms with Crippen molar-refractivity contribution >= 4 is 17.5 Å². The maximum absolute atomic E-state index is 13.0. The van der Waals surface area contributed by atoms with E-state index in [1.807, 2.05) is 24.3 Å². The van der Waals surface area contributed by atoms with E-state index in [1.165, 1.54) is 31.4 Å². The molecular weight excluding hydrogens is 427 g/mol. The van der Waals surface area contributed by atoms with Crippen molar-refractivity contribution < 1.29 is 28.2 Å². The Morgan fingerprint density at radius 2 is 1.85 bits per heavy atom. The SMILES string of the molecule is COc1cc(C(=O)N[C@H]2CCOc3ccccc32)ccc1OCC(=O)Nc1ccc(F)cc1. The van der Waals surface area contributed by atoms with Gasteiger partial charge >= 0.3 is 0 Å². The molecule has 0 aliphatic carbocycles. The lowest BCUT2D eigenvalue weighted by molar-refractivity contribution is -0.118. The number of carbonyl (C=O) groups excluding carboxylic acids is 2. The van der Waals surface area contributed by atoms with Crippen LogP contribution < -0.4 is 24.8 Å². The molecule has 0 fully saturated rings. The molecule has 4 rings (SSSR count). The number of carbonyl (C=O) groups is 2. The second kappa shape index (κ2) is 10.0. The molecule has 1 heterocycles. The first kappa shape index (κ1) is 22.1. The summed E-state index contributed by atoms with van der Waals surface area (Å²) in [7, 11) is 1.46. The summed E-state index contributed by atoms with van der Waals surface area (Å²) >= 11 is 0. The number of hydrogen-bond donors (Lipinski definition) is 2. The molecule has 0 bridgehead atoms. The van der Waals surface area contributed by atoms with E-state index in [2.05, 4.69) is 10.6 Å². The van der Waals surface area contributed by atoms with Crippen LogP contribution in [-0.2, 0) is 4.79 Å². The highest BCUT2D eigenvalue weighted by molar-refractivity contribution is 5.95. The quantitative estimate of drug-likeness (QED) is 0.566. The van der Waals surface area contributed by atoms with Crippen LogP contribution in [0.5, 0.6) is 17.2 Å². The van der Waals surface area contributed by atoms with E-state index in [1.54, 1.807) is 18.2 Å². The summed E-state index contributed by atoms with van der Waals surface area (Å²) in [6.07, 6.45) is 0.671. The first-order chi connectivity index (χ1) is 16.0. The minimum Gasteiger partial charge on any atom is -0.493 e. The number of methoxy groups -OCH3 is 1. The Hall–Kier alpha value is -4.07. The molecule has 2 amide bonds. The molecule has 8 heteroatoms. The normalized spacial score (nSPS) is 14.4. The molecule has 0 unspecified atom stereocenters. The van der Waals surface area contributed by atoms with Gasteiger partial charge in [0.1, 0.15) is 11.6 Å². The van der Waals surface area contributed by atoms with Gasteiger partial charge in [0.05, 0.1) is 19.8 Å². The van der Waals surface area contributed by atoms with Gasteiger partial charge in [0, 0.05) is 23.2 Å². The largest absolute Gasteiger partial charge is 0.493 e. The van der Waals surface area contributed by atoms with Crippen LogP contribution in [0.3, 0.4) is 0 Å². The van der Waals surface area contributed by atoms with Crippen molar-refractivity contribution in [1.29, 1.82) is 0 Å². The summed E-state index contributed by atoms with van der Waals surface area (Å²) in [5.41, 5.74) is 1.80. The minimum absolute atomic E-state index is 0.153. The van der Waals surface area contributed by atoms with Gasteiger partial charge in [0.25, 0.3) is 11.8 Å². The Morgan fingerprint density at radius 3 is 2.64 bits per heavy atom. The van der Waals surface area contributed by atoms with Crippen LogP contribution in [0, 0.1) is 5.82 Å². The van der Waals surface area contributed by atoms with Crippen molar-refractivity contribution in [2.75, 3.05) is 25.6 Å². The molecule has 3 aromatic carbocycles. The van der Waals surface area contributed by atoms with Crippen LogP contribution in [0.25, 0.3) is 0 Å². The third-order valence-corrected chi connectivity index (χ3v) is 5.18. The standard InChI is InChI=1S/C25H23FN2O5/c1-31-23-14-16(25(30)28-20-12-13-32-21-5-3-2-4-19(20)21)6-11-22(23)33-15-24(29)27-18-9-7-17(26)8-10-18/h2-11,14,20H,12-13,15H2,1H3,(H,27,29)(H,28,30)/t20-/m0/s1. The molecule has 0 radical (unpaired) electrons. The topological polar surface area (TPSA) is 85.9 Å². The zero-order valence-electron chi connectivity index (χ0n) is 18.0. The van der Waals surface area contributed by atoms with E-state index < -0.39 is 5.91 Å². The van der Waals surface area contributed by atoms with Crippen molar-refractivity contribution in [3.8, 4) is 17.2 Å². The number of amides is 2. The van der Waals surface area contributed by atoms with Gasteiger partial charge in [-0.05, 0) is 48.5 Å². The highest BCUT2D eigenvalue weighted by Gasteiger charge is 2.23. The van der Waals surface area contributed by atoms with Gasteiger partial charge in [-0.2, -0.15) is 0 Å². The zero-order valence-corrected chi connectivity index (χ0v) is 18.0. The number of halogens is 1. The first-order valence-corrected chi connectivity index (χ1v) is 10.4. The van der Waals surface area contributed by atoms with Gasteiger partial charge in [-0.1, -0.05) is 18.2 Å². The maximum atomic E-state index is 13.0. The Morgan fingerprint density at radius 1 is 1.06 bits per heavy atom. The Labute approximate surface area is 190 Å². The third kappa shape index (κ3) is 5.41. The van der Waals surface area contributed by atoms with E-state index in [-0.39, 0.29) is 24.4 Å². The molecule has 170 valence electrons. The smallest absolute Gasteiger partial charge is 0.262 e. The lowest BCUT2D eigenvalue weighted by Crippen LogP contribution is -2.32. The number of benzene rings is 3. The second-order valence-corrected chi connectivity index (χ2v) is 7.41. The summed E-state index contributed by atoms with van der Waals surface area (Å²) in [5.74, 6) is 0.358. The van der Waals surface area contributed by atoms with E-state index in [0.717, 1.165) is 11.3 Å². The number of para-hydroxylation sites is 1. The molecular formula is C25H23FN2O5. The average molecular weight is 450 g/mol.